The van der Waals surface area contributed by atoms with Gasteiger partial charge in [-0.15, -0.1) is 0 Å². The van der Waals surface area contributed by atoms with E-state index in [1.807, 2.05) is 25.1 Å². The number of halogens is 2. The smallest absolute Gasteiger partial charge is 0.261 e. The van der Waals surface area contributed by atoms with Crippen LogP contribution in [0, 0.1) is 0 Å². The predicted octanol–water partition coefficient (Wildman–Crippen LogP) is 5.10. The number of carbonyl (C=O) groups excluding carboxylic acids is 2. The van der Waals surface area contributed by atoms with Gasteiger partial charge < -0.3 is 15.0 Å². The molecule has 2 aromatic rings. The Labute approximate surface area is 188 Å². The minimum atomic E-state index is -0.625. The second kappa shape index (κ2) is 12.5. The van der Waals surface area contributed by atoms with E-state index in [4.69, 9.17) is 27.9 Å². The average Bonchev–Trinajstić information content (AvgIpc) is 2.74. The van der Waals surface area contributed by atoms with E-state index < -0.39 is 6.04 Å². The summed E-state index contributed by atoms with van der Waals surface area (Å²) < 4.78 is 5.63. The van der Waals surface area contributed by atoms with Crippen molar-refractivity contribution >= 4 is 35.0 Å². The van der Waals surface area contributed by atoms with Crippen LogP contribution in [-0.4, -0.2) is 35.9 Å². The van der Waals surface area contributed by atoms with Gasteiger partial charge in [-0.3, -0.25) is 9.59 Å². The summed E-state index contributed by atoms with van der Waals surface area (Å²) in [7, 11) is 0. The zero-order valence-corrected chi connectivity index (χ0v) is 18.9. The van der Waals surface area contributed by atoms with Gasteiger partial charge in [-0.2, -0.15) is 0 Å². The number of ether oxygens (including phenoxy) is 1. The van der Waals surface area contributed by atoms with Gasteiger partial charge in [-0.05, 0) is 42.7 Å². The first-order chi connectivity index (χ1) is 14.5. The van der Waals surface area contributed by atoms with E-state index in [0.29, 0.717) is 34.3 Å². The molecule has 2 amide bonds. The summed E-state index contributed by atoms with van der Waals surface area (Å²) in [6, 6.07) is 13.6. The summed E-state index contributed by atoms with van der Waals surface area (Å²) in [5.74, 6) is 0.127. The molecule has 0 bridgehead atoms. The molecule has 1 atom stereocenters. The molecule has 0 spiro atoms. The van der Waals surface area contributed by atoms with Gasteiger partial charge in [-0.25, -0.2) is 0 Å². The molecule has 0 fully saturated rings. The molecule has 0 aliphatic carbocycles. The van der Waals surface area contributed by atoms with Crippen LogP contribution in [-0.2, 0) is 16.1 Å². The molecule has 0 aromatic heterocycles. The molecule has 5 nitrogen and oxygen atoms in total. The topological polar surface area (TPSA) is 58.6 Å². The van der Waals surface area contributed by atoms with Crippen LogP contribution in [0.15, 0.2) is 48.5 Å². The van der Waals surface area contributed by atoms with E-state index in [2.05, 4.69) is 12.2 Å². The first-order valence-corrected chi connectivity index (χ1v) is 10.9. The molecular formula is C23H28Cl2N2O3. The van der Waals surface area contributed by atoms with Crippen molar-refractivity contribution in [3.05, 3.63) is 64.1 Å². The molecule has 0 radical (unpaired) electrons. The fourth-order valence-electron chi connectivity index (χ4n) is 3.00. The Morgan fingerprint density at radius 1 is 1.10 bits per heavy atom. The average molecular weight is 451 g/mol. The number of hydrogen-bond donors (Lipinski definition) is 1. The Bertz CT molecular complexity index is 830. The highest BCUT2D eigenvalue weighted by Gasteiger charge is 2.29. The number of nitrogens with zero attached hydrogens (tertiary/aromatic N) is 1. The molecule has 2 aromatic carbocycles. The lowest BCUT2D eigenvalue weighted by Gasteiger charge is -2.31. The number of amides is 2. The SMILES string of the molecule is CCCCNC(=O)C(CC)N(Cc1ccc(Cl)cc1Cl)C(=O)COc1ccccc1. The number of benzene rings is 2. The fraction of sp³-hybridized carbons (Fsp3) is 0.391. The highest BCUT2D eigenvalue weighted by Crippen LogP contribution is 2.24. The molecule has 1 unspecified atom stereocenters. The van der Waals surface area contributed by atoms with Crippen LogP contribution in [0.4, 0.5) is 0 Å². The Hall–Kier alpha value is -2.24. The monoisotopic (exact) mass is 450 g/mol. The number of rotatable bonds is 11. The van der Waals surface area contributed by atoms with Crippen LogP contribution in [0.25, 0.3) is 0 Å². The lowest BCUT2D eigenvalue weighted by molar-refractivity contribution is -0.143. The summed E-state index contributed by atoms with van der Waals surface area (Å²) in [5, 5.41) is 3.89. The van der Waals surface area contributed by atoms with Crippen molar-refractivity contribution < 1.29 is 14.3 Å². The van der Waals surface area contributed by atoms with E-state index in [1.54, 1.807) is 30.3 Å². The van der Waals surface area contributed by atoms with Crippen molar-refractivity contribution in [3.8, 4) is 5.75 Å². The summed E-state index contributed by atoms with van der Waals surface area (Å²) in [6.07, 6.45) is 2.33. The van der Waals surface area contributed by atoms with Crippen molar-refractivity contribution in [2.45, 2.75) is 45.7 Å². The fourth-order valence-corrected chi connectivity index (χ4v) is 3.47. The second-order valence-corrected chi connectivity index (χ2v) is 7.77. The molecule has 0 heterocycles. The van der Waals surface area contributed by atoms with Crippen LogP contribution < -0.4 is 10.1 Å². The van der Waals surface area contributed by atoms with Gasteiger partial charge in [0.25, 0.3) is 5.91 Å². The highest BCUT2D eigenvalue weighted by atomic mass is 35.5. The van der Waals surface area contributed by atoms with Crippen LogP contribution in [0.3, 0.4) is 0 Å². The first-order valence-electron chi connectivity index (χ1n) is 10.1. The quantitative estimate of drug-likeness (QED) is 0.484. The predicted molar refractivity (Wildman–Crippen MR) is 121 cm³/mol. The minimum Gasteiger partial charge on any atom is -0.484 e. The summed E-state index contributed by atoms with van der Waals surface area (Å²) in [5.41, 5.74) is 0.717. The normalized spacial score (nSPS) is 11.6. The Kier molecular flexibility index (Phi) is 9.98. The maximum Gasteiger partial charge on any atom is 0.261 e. The second-order valence-electron chi connectivity index (χ2n) is 6.93. The Morgan fingerprint density at radius 2 is 1.83 bits per heavy atom. The molecule has 1 N–H and O–H groups in total. The number of para-hydroxylation sites is 1. The zero-order chi connectivity index (χ0) is 21.9. The molecule has 2 rings (SSSR count). The molecule has 162 valence electrons. The molecule has 0 aliphatic heterocycles. The van der Waals surface area contributed by atoms with Crippen LogP contribution in [0.2, 0.25) is 10.0 Å². The van der Waals surface area contributed by atoms with Crippen LogP contribution in [0.1, 0.15) is 38.7 Å². The van der Waals surface area contributed by atoms with E-state index in [0.717, 1.165) is 12.8 Å². The maximum atomic E-state index is 13.1. The lowest BCUT2D eigenvalue weighted by atomic mass is 10.1. The standard InChI is InChI=1S/C23H28Cl2N2O3/c1-3-5-13-26-23(29)21(4-2)27(15-17-11-12-18(24)14-20(17)25)22(28)16-30-19-9-7-6-8-10-19/h6-12,14,21H,3-5,13,15-16H2,1-2H3,(H,26,29). The van der Waals surface area contributed by atoms with Crippen molar-refractivity contribution in [1.82, 2.24) is 10.2 Å². The Balaban J connectivity index is 2.20. The molecule has 0 aliphatic rings. The third-order valence-electron chi connectivity index (χ3n) is 4.68. The van der Waals surface area contributed by atoms with Gasteiger partial charge in [0.05, 0.1) is 0 Å². The molecule has 30 heavy (non-hydrogen) atoms. The molecular weight excluding hydrogens is 423 g/mol. The number of hydrogen-bond acceptors (Lipinski definition) is 3. The maximum absolute atomic E-state index is 13.1. The lowest BCUT2D eigenvalue weighted by Crippen LogP contribution is -2.50. The van der Waals surface area contributed by atoms with E-state index in [-0.39, 0.29) is 25.0 Å². The van der Waals surface area contributed by atoms with Gasteiger partial charge in [-0.1, -0.05) is 67.7 Å². The van der Waals surface area contributed by atoms with E-state index in [1.165, 1.54) is 4.90 Å². The molecule has 0 saturated carbocycles. The Morgan fingerprint density at radius 3 is 2.47 bits per heavy atom. The summed E-state index contributed by atoms with van der Waals surface area (Å²) in [6.45, 7) is 4.53. The van der Waals surface area contributed by atoms with Crippen molar-refractivity contribution in [2.24, 2.45) is 0 Å². The van der Waals surface area contributed by atoms with E-state index in [9.17, 15) is 9.59 Å². The van der Waals surface area contributed by atoms with Gasteiger partial charge in [0.2, 0.25) is 5.91 Å². The number of nitrogens with one attached hydrogen (secondary N) is 1. The van der Waals surface area contributed by atoms with Crippen molar-refractivity contribution in [3.63, 3.8) is 0 Å². The number of unbranched alkanes of at least 4 members (excludes halogenated alkanes) is 1. The van der Waals surface area contributed by atoms with Crippen LogP contribution in [0.5, 0.6) is 5.75 Å². The van der Waals surface area contributed by atoms with Gasteiger partial charge >= 0.3 is 0 Å². The molecule has 0 saturated heterocycles. The van der Waals surface area contributed by atoms with Crippen molar-refractivity contribution in [1.29, 1.82) is 0 Å². The van der Waals surface area contributed by atoms with Crippen LogP contribution >= 0.6 is 23.2 Å². The first kappa shape index (κ1) is 24.0. The largest absolute Gasteiger partial charge is 0.484 e. The van der Waals surface area contributed by atoms with Gasteiger partial charge in [0.15, 0.2) is 6.61 Å². The third kappa shape index (κ3) is 7.22. The minimum absolute atomic E-state index is 0.173. The van der Waals surface area contributed by atoms with Crippen molar-refractivity contribution in [2.75, 3.05) is 13.2 Å². The summed E-state index contributed by atoms with van der Waals surface area (Å²) >= 11 is 12.3. The van der Waals surface area contributed by atoms with Gasteiger partial charge in [0, 0.05) is 23.1 Å². The summed E-state index contributed by atoms with van der Waals surface area (Å²) in [4.78, 5) is 27.4. The van der Waals surface area contributed by atoms with Gasteiger partial charge in [0.1, 0.15) is 11.8 Å². The van der Waals surface area contributed by atoms with E-state index >= 15 is 0 Å². The third-order valence-corrected chi connectivity index (χ3v) is 5.26. The number of carbonyl (C=O) groups is 2. The molecule has 7 heteroatoms. The zero-order valence-electron chi connectivity index (χ0n) is 17.4. The highest BCUT2D eigenvalue weighted by molar-refractivity contribution is 6.35.